The molecule has 0 aliphatic heterocycles. The van der Waals surface area contributed by atoms with Gasteiger partial charge in [0, 0.05) is 5.92 Å². The summed E-state index contributed by atoms with van der Waals surface area (Å²) in [6, 6.07) is 7.87. The second-order valence-corrected chi connectivity index (χ2v) is 5.54. The number of aliphatic hydroxyl groups is 1. The highest BCUT2D eigenvalue weighted by Gasteiger charge is 2.18. The molecule has 0 radical (unpaired) electrons. The molecule has 5 nitrogen and oxygen atoms in total. The van der Waals surface area contributed by atoms with Gasteiger partial charge in [0.1, 0.15) is 23.4 Å². The molecule has 3 aromatic rings. The van der Waals surface area contributed by atoms with Crippen LogP contribution < -0.4 is 0 Å². The maximum atomic E-state index is 9.99. The van der Waals surface area contributed by atoms with E-state index in [9.17, 15) is 5.11 Å². The zero-order chi connectivity index (χ0) is 15.0. The number of hydrogen-bond acceptors (Lipinski definition) is 4. The average Bonchev–Trinajstić information content (AvgIpc) is 3.04. The van der Waals surface area contributed by atoms with Gasteiger partial charge in [-0.05, 0) is 19.1 Å². The van der Waals surface area contributed by atoms with E-state index in [1.54, 1.807) is 6.92 Å². The fraction of sp³-hybridized carbons (Fsp3) is 0.375. The minimum atomic E-state index is -0.633. The minimum Gasteiger partial charge on any atom is -0.448 e. The van der Waals surface area contributed by atoms with Gasteiger partial charge < -0.3 is 14.1 Å². The summed E-state index contributed by atoms with van der Waals surface area (Å²) in [7, 11) is 0. The summed E-state index contributed by atoms with van der Waals surface area (Å²) in [6.45, 7) is 6.42. The highest BCUT2D eigenvalue weighted by molar-refractivity contribution is 5.76. The number of hydrogen-bond donors (Lipinski definition) is 1. The number of para-hydroxylation sites is 2. The molecular formula is C16H19N3O2. The van der Waals surface area contributed by atoms with Gasteiger partial charge in [-0.2, -0.15) is 0 Å². The fourth-order valence-corrected chi connectivity index (χ4v) is 2.60. The van der Waals surface area contributed by atoms with Gasteiger partial charge in [0.15, 0.2) is 6.39 Å². The second kappa shape index (κ2) is 5.33. The zero-order valence-electron chi connectivity index (χ0n) is 12.4. The SMILES string of the molecule is CC(C)c1ocnc1Cn1c(C(C)O)nc2ccccc21. The molecule has 0 saturated carbocycles. The lowest BCUT2D eigenvalue weighted by molar-refractivity contribution is 0.185. The largest absolute Gasteiger partial charge is 0.448 e. The number of aliphatic hydroxyl groups excluding tert-OH is 1. The Morgan fingerprint density at radius 3 is 2.71 bits per heavy atom. The van der Waals surface area contributed by atoms with Crippen molar-refractivity contribution < 1.29 is 9.52 Å². The van der Waals surface area contributed by atoms with Crippen LogP contribution >= 0.6 is 0 Å². The normalized spacial score (nSPS) is 13.2. The third-order valence-corrected chi connectivity index (χ3v) is 3.56. The molecule has 0 spiro atoms. The lowest BCUT2D eigenvalue weighted by Crippen LogP contribution is -2.09. The second-order valence-electron chi connectivity index (χ2n) is 5.54. The van der Waals surface area contributed by atoms with Crippen molar-refractivity contribution in [2.24, 2.45) is 0 Å². The van der Waals surface area contributed by atoms with Gasteiger partial charge in [0.2, 0.25) is 0 Å². The summed E-state index contributed by atoms with van der Waals surface area (Å²) in [4.78, 5) is 8.84. The molecule has 0 amide bonds. The number of fused-ring (bicyclic) bond motifs is 1. The van der Waals surface area contributed by atoms with E-state index in [2.05, 4.69) is 23.8 Å². The predicted molar refractivity (Wildman–Crippen MR) is 80.1 cm³/mol. The van der Waals surface area contributed by atoms with Gasteiger partial charge >= 0.3 is 0 Å². The molecule has 1 aromatic carbocycles. The number of rotatable bonds is 4. The quantitative estimate of drug-likeness (QED) is 0.799. The van der Waals surface area contributed by atoms with Gasteiger partial charge in [-0.15, -0.1) is 0 Å². The van der Waals surface area contributed by atoms with E-state index in [1.165, 1.54) is 6.39 Å². The van der Waals surface area contributed by atoms with Gasteiger partial charge in [0.05, 0.1) is 17.6 Å². The highest BCUT2D eigenvalue weighted by atomic mass is 16.3. The topological polar surface area (TPSA) is 64.1 Å². The van der Waals surface area contributed by atoms with E-state index >= 15 is 0 Å². The van der Waals surface area contributed by atoms with Crippen LogP contribution in [0.5, 0.6) is 0 Å². The molecule has 0 aliphatic rings. The Balaban J connectivity index is 2.10. The molecule has 2 aromatic heterocycles. The molecular weight excluding hydrogens is 266 g/mol. The summed E-state index contributed by atoms with van der Waals surface area (Å²) >= 11 is 0. The van der Waals surface area contributed by atoms with Gasteiger partial charge in [-0.3, -0.25) is 0 Å². The van der Waals surface area contributed by atoms with E-state index < -0.39 is 6.10 Å². The zero-order valence-corrected chi connectivity index (χ0v) is 12.4. The molecule has 110 valence electrons. The molecule has 0 fully saturated rings. The van der Waals surface area contributed by atoms with Crippen LogP contribution in [0.15, 0.2) is 35.1 Å². The predicted octanol–water partition coefficient (Wildman–Crippen LogP) is 3.25. The Kier molecular flexibility index (Phi) is 3.51. The maximum absolute atomic E-state index is 9.99. The molecule has 5 heteroatoms. The van der Waals surface area contributed by atoms with Gasteiger partial charge in [-0.25, -0.2) is 9.97 Å². The Morgan fingerprint density at radius 1 is 1.24 bits per heavy atom. The molecule has 1 N–H and O–H groups in total. The van der Waals surface area contributed by atoms with Crippen LogP contribution in [-0.4, -0.2) is 19.6 Å². The van der Waals surface area contributed by atoms with Crippen LogP contribution in [0.3, 0.4) is 0 Å². The van der Waals surface area contributed by atoms with Crippen LogP contribution in [0.4, 0.5) is 0 Å². The molecule has 1 unspecified atom stereocenters. The Bertz CT molecular complexity index is 756. The fourth-order valence-electron chi connectivity index (χ4n) is 2.60. The smallest absolute Gasteiger partial charge is 0.181 e. The number of aromatic nitrogens is 3. The highest BCUT2D eigenvalue weighted by Crippen LogP contribution is 2.24. The Hall–Kier alpha value is -2.14. The van der Waals surface area contributed by atoms with E-state index in [0.717, 1.165) is 22.5 Å². The van der Waals surface area contributed by atoms with E-state index in [0.29, 0.717) is 12.4 Å². The van der Waals surface area contributed by atoms with Crippen molar-refractivity contribution in [3.05, 3.63) is 47.9 Å². The summed E-state index contributed by atoms with van der Waals surface area (Å²) in [5.74, 6) is 1.80. The van der Waals surface area contributed by atoms with Gasteiger partial charge in [-0.1, -0.05) is 26.0 Å². The number of nitrogens with zero attached hydrogens (tertiary/aromatic N) is 3. The van der Waals surface area contributed by atoms with Crippen molar-refractivity contribution in [1.82, 2.24) is 14.5 Å². The standard InChI is InChI=1S/C16H19N3O2/c1-10(2)15-13(17-9-21-15)8-19-14-7-5-4-6-12(14)18-16(19)11(3)20/h4-7,9-11,20H,8H2,1-3H3. The summed E-state index contributed by atoms with van der Waals surface area (Å²) < 4.78 is 7.48. The molecule has 3 rings (SSSR count). The van der Waals surface area contributed by atoms with Crippen molar-refractivity contribution in [2.45, 2.75) is 39.3 Å². The summed E-state index contributed by atoms with van der Waals surface area (Å²) in [5, 5.41) is 9.99. The molecule has 0 saturated heterocycles. The van der Waals surface area contributed by atoms with Crippen molar-refractivity contribution in [3.8, 4) is 0 Å². The van der Waals surface area contributed by atoms with Crippen molar-refractivity contribution in [3.63, 3.8) is 0 Å². The maximum Gasteiger partial charge on any atom is 0.181 e. The molecule has 2 heterocycles. The minimum absolute atomic E-state index is 0.271. The summed E-state index contributed by atoms with van der Waals surface area (Å²) in [5.41, 5.74) is 2.75. The lowest BCUT2D eigenvalue weighted by atomic mass is 10.1. The molecule has 0 bridgehead atoms. The molecule has 1 atom stereocenters. The summed E-state index contributed by atoms with van der Waals surface area (Å²) in [6.07, 6.45) is 0.845. The van der Waals surface area contributed by atoms with Crippen LogP contribution in [0.25, 0.3) is 11.0 Å². The van der Waals surface area contributed by atoms with E-state index in [1.807, 2.05) is 28.8 Å². The van der Waals surface area contributed by atoms with Crippen LogP contribution in [-0.2, 0) is 6.54 Å². The first-order valence-electron chi connectivity index (χ1n) is 7.13. The number of oxazole rings is 1. The van der Waals surface area contributed by atoms with Crippen LogP contribution in [0.1, 0.15) is 50.1 Å². The molecule has 21 heavy (non-hydrogen) atoms. The van der Waals surface area contributed by atoms with Crippen molar-refractivity contribution >= 4 is 11.0 Å². The first-order chi connectivity index (χ1) is 10.1. The number of imidazole rings is 1. The van der Waals surface area contributed by atoms with Crippen molar-refractivity contribution in [2.75, 3.05) is 0 Å². The molecule has 0 aliphatic carbocycles. The first kappa shape index (κ1) is 13.8. The monoisotopic (exact) mass is 285 g/mol. The number of benzene rings is 1. The van der Waals surface area contributed by atoms with Crippen LogP contribution in [0, 0.1) is 0 Å². The van der Waals surface area contributed by atoms with E-state index in [4.69, 9.17) is 4.42 Å². The third-order valence-electron chi connectivity index (χ3n) is 3.56. The Morgan fingerprint density at radius 2 is 2.00 bits per heavy atom. The van der Waals surface area contributed by atoms with Gasteiger partial charge in [0.25, 0.3) is 0 Å². The van der Waals surface area contributed by atoms with E-state index in [-0.39, 0.29) is 5.92 Å². The lowest BCUT2D eigenvalue weighted by Gasteiger charge is -2.11. The van der Waals surface area contributed by atoms with Crippen molar-refractivity contribution in [1.29, 1.82) is 0 Å². The average molecular weight is 285 g/mol. The Labute approximate surface area is 123 Å². The third kappa shape index (κ3) is 2.45. The van der Waals surface area contributed by atoms with Crippen LogP contribution in [0.2, 0.25) is 0 Å². The first-order valence-corrected chi connectivity index (χ1v) is 7.13.